The molecule has 1 aliphatic heterocycles. The highest BCUT2D eigenvalue weighted by Crippen LogP contribution is 2.22. The molecule has 68 valence electrons. The van der Waals surface area contributed by atoms with Crippen LogP contribution in [-0.4, -0.2) is 6.54 Å². The number of benzene rings is 1. The molecule has 0 atom stereocenters. The van der Waals surface area contributed by atoms with E-state index in [4.69, 9.17) is 0 Å². The van der Waals surface area contributed by atoms with Crippen LogP contribution in [0.2, 0.25) is 0 Å². The molecule has 3 heteroatoms. The minimum atomic E-state index is -0.538. The largest absolute Gasteiger partial charge is 0.346 e. The van der Waals surface area contributed by atoms with Gasteiger partial charge in [0.25, 0.3) is 0 Å². The average molecular weight is 181 g/mol. The normalized spacial score (nSPS) is 15.4. The number of halogens is 2. The molecule has 0 aromatic heterocycles. The zero-order valence-electron chi connectivity index (χ0n) is 7.00. The predicted molar refractivity (Wildman–Crippen MR) is 47.5 cm³/mol. The van der Waals surface area contributed by atoms with Gasteiger partial charge in [-0.05, 0) is 18.6 Å². The van der Waals surface area contributed by atoms with Gasteiger partial charge >= 0.3 is 0 Å². The van der Waals surface area contributed by atoms with Crippen LogP contribution in [0, 0.1) is 11.6 Å². The summed E-state index contributed by atoms with van der Waals surface area (Å²) in [5.74, 6) is -1.05. The predicted octanol–water partition coefficient (Wildman–Crippen LogP) is 2.69. The molecule has 0 N–H and O–H groups in total. The van der Waals surface area contributed by atoms with Crippen molar-refractivity contribution in [3.8, 4) is 0 Å². The first-order valence-electron chi connectivity index (χ1n) is 4.16. The van der Waals surface area contributed by atoms with Crippen molar-refractivity contribution >= 4 is 5.69 Å². The molecule has 0 bridgehead atoms. The van der Waals surface area contributed by atoms with Crippen LogP contribution in [0.5, 0.6) is 0 Å². The van der Waals surface area contributed by atoms with Gasteiger partial charge < -0.3 is 4.90 Å². The Morgan fingerprint density at radius 2 is 2.08 bits per heavy atom. The zero-order valence-corrected chi connectivity index (χ0v) is 7.00. The number of rotatable bonds is 1. The summed E-state index contributed by atoms with van der Waals surface area (Å²) in [6.45, 7) is 0.766. The fraction of sp³-hybridized carbons (Fsp3) is 0.200. The Bertz CT molecular complexity index is 347. The van der Waals surface area contributed by atoms with E-state index in [2.05, 4.69) is 0 Å². The maximum absolute atomic E-state index is 13.2. The number of nitrogens with zero attached hydrogens (tertiary/aromatic N) is 1. The van der Waals surface area contributed by atoms with Crippen molar-refractivity contribution < 1.29 is 8.78 Å². The van der Waals surface area contributed by atoms with Gasteiger partial charge in [-0.1, -0.05) is 6.08 Å². The second-order valence-electron chi connectivity index (χ2n) is 2.96. The zero-order chi connectivity index (χ0) is 9.26. The van der Waals surface area contributed by atoms with Crippen molar-refractivity contribution in [3.05, 3.63) is 42.1 Å². The Morgan fingerprint density at radius 3 is 2.69 bits per heavy atom. The van der Waals surface area contributed by atoms with Crippen LogP contribution in [0.4, 0.5) is 14.5 Å². The molecule has 1 nitrogen and oxygen atoms in total. The fourth-order valence-electron chi connectivity index (χ4n) is 1.40. The molecule has 0 spiro atoms. The molecule has 1 aromatic carbocycles. The molecule has 1 aliphatic rings. The van der Waals surface area contributed by atoms with Crippen molar-refractivity contribution in [2.45, 2.75) is 6.42 Å². The van der Waals surface area contributed by atoms with E-state index in [1.807, 2.05) is 12.3 Å². The van der Waals surface area contributed by atoms with Crippen LogP contribution in [0.15, 0.2) is 30.5 Å². The van der Waals surface area contributed by atoms with Crippen LogP contribution < -0.4 is 4.90 Å². The van der Waals surface area contributed by atoms with Gasteiger partial charge in [0.15, 0.2) is 0 Å². The smallest absolute Gasteiger partial charge is 0.149 e. The van der Waals surface area contributed by atoms with Crippen molar-refractivity contribution in [2.75, 3.05) is 11.4 Å². The molecule has 0 saturated heterocycles. The molecule has 1 heterocycles. The lowest BCUT2D eigenvalue weighted by atomic mass is 10.3. The van der Waals surface area contributed by atoms with Gasteiger partial charge in [0.1, 0.15) is 11.6 Å². The summed E-state index contributed by atoms with van der Waals surface area (Å²) in [5.41, 5.74) is 0.440. The lowest BCUT2D eigenvalue weighted by molar-refractivity contribution is 0.582. The van der Waals surface area contributed by atoms with E-state index in [9.17, 15) is 8.78 Å². The summed E-state index contributed by atoms with van der Waals surface area (Å²) >= 11 is 0. The maximum Gasteiger partial charge on any atom is 0.149 e. The summed E-state index contributed by atoms with van der Waals surface area (Å²) < 4.78 is 25.7. The minimum Gasteiger partial charge on any atom is -0.346 e. The third-order valence-corrected chi connectivity index (χ3v) is 2.04. The van der Waals surface area contributed by atoms with Crippen LogP contribution in [-0.2, 0) is 0 Å². The number of hydrogen-bond donors (Lipinski definition) is 0. The Morgan fingerprint density at radius 1 is 1.23 bits per heavy atom. The van der Waals surface area contributed by atoms with Gasteiger partial charge in [-0.2, -0.15) is 0 Å². The van der Waals surface area contributed by atoms with Crippen LogP contribution in [0.1, 0.15) is 6.42 Å². The van der Waals surface area contributed by atoms with Gasteiger partial charge in [-0.25, -0.2) is 8.78 Å². The van der Waals surface area contributed by atoms with Gasteiger partial charge in [-0.3, -0.25) is 0 Å². The first-order chi connectivity index (χ1) is 6.27. The Hall–Kier alpha value is -1.38. The third kappa shape index (κ3) is 1.54. The lowest BCUT2D eigenvalue weighted by Gasteiger charge is -2.15. The summed E-state index contributed by atoms with van der Waals surface area (Å²) in [6, 6.07) is 3.63. The van der Waals surface area contributed by atoms with E-state index in [0.29, 0.717) is 5.69 Å². The van der Waals surface area contributed by atoms with Crippen molar-refractivity contribution in [1.29, 1.82) is 0 Å². The Kier molecular flexibility index (Phi) is 2.00. The molecule has 2 rings (SSSR count). The molecule has 0 amide bonds. The maximum atomic E-state index is 13.2. The Balaban J connectivity index is 2.34. The van der Waals surface area contributed by atoms with E-state index >= 15 is 0 Å². The molecule has 0 aliphatic carbocycles. The fourth-order valence-corrected chi connectivity index (χ4v) is 1.40. The standard InChI is InChI=1S/C10H9F2N/c11-8-3-4-10(9(12)7-8)13-5-1-2-6-13/h1,3-5,7H,2,6H2. The molecular formula is C10H9F2N. The summed E-state index contributed by atoms with van der Waals surface area (Å²) in [6.07, 6.45) is 4.69. The van der Waals surface area contributed by atoms with Crippen LogP contribution in [0.25, 0.3) is 0 Å². The highest BCUT2D eigenvalue weighted by Gasteiger charge is 2.11. The van der Waals surface area contributed by atoms with Gasteiger partial charge in [0, 0.05) is 18.8 Å². The summed E-state index contributed by atoms with van der Waals surface area (Å²) in [7, 11) is 0. The summed E-state index contributed by atoms with van der Waals surface area (Å²) in [4.78, 5) is 1.77. The van der Waals surface area contributed by atoms with E-state index in [0.717, 1.165) is 19.0 Å². The molecule has 0 saturated carbocycles. The molecule has 0 unspecified atom stereocenters. The topological polar surface area (TPSA) is 3.24 Å². The molecular weight excluding hydrogens is 172 g/mol. The molecule has 13 heavy (non-hydrogen) atoms. The second kappa shape index (κ2) is 3.17. The molecule has 0 radical (unpaired) electrons. The van der Waals surface area contributed by atoms with Crippen molar-refractivity contribution in [1.82, 2.24) is 0 Å². The van der Waals surface area contributed by atoms with Gasteiger partial charge in [-0.15, -0.1) is 0 Å². The highest BCUT2D eigenvalue weighted by molar-refractivity contribution is 5.51. The first-order valence-corrected chi connectivity index (χ1v) is 4.16. The van der Waals surface area contributed by atoms with Crippen molar-refractivity contribution in [2.24, 2.45) is 0 Å². The van der Waals surface area contributed by atoms with Gasteiger partial charge in [0.2, 0.25) is 0 Å². The summed E-state index contributed by atoms with van der Waals surface area (Å²) in [5, 5.41) is 0. The second-order valence-corrected chi connectivity index (χ2v) is 2.96. The molecule has 1 aromatic rings. The van der Waals surface area contributed by atoms with Gasteiger partial charge in [0.05, 0.1) is 5.69 Å². The molecule has 0 fully saturated rings. The Labute approximate surface area is 75.3 Å². The monoisotopic (exact) mass is 181 g/mol. The quantitative estimate of drug-likeness (QED) is 0.643. The number of hydrogen-bond acceptors (Lipinski definition) is 1. The van der Waals surface area contributed by atoms with Crippen molar-refractivity contribution in [3.63, 3.8) is 0 Å². The first kappa shape index (κ1) is 8.23. The SMILES string of the molecule is Fc1ccc(N2C=CCC2)c(F)c1. The highest BCUT2D eigenvalue weighted by atomic mass is 19.1. The van der Waals surface area contributed by atoms with Crippen LogP contribution >= 0.6 is 0 Å². The van der Waals surface area contributed by atoms with E-state index in [1.54, 1.807) is 4.90 Å². The average Bonchev–Trinajstić information content (AvgIpc) is 2.56. The van der Waals surface area contributed by atoms with E-state index < -0.39 is 11.6 Å². The number of anilines is 1. The minimum absolute atomic E-state index is 0.440. The van der Waals surface area contributed by atoms with Crippen LogP contribution in [0.3, 0.4) is 0 Å². The lowest BCUT2D eigenvalue weighted by Crippen LogP contribution is -2.13. The third-order valence-electron chi connectivity index (χ3n) is 2.04. The van der Waals surface area contributed by atoms with E-state index in [-0.39, 0.29) is 0 Å². The van der Waals surface area contributed by atoms with E-state index in [1.165, 1.54) is 12.1 Å².